The van der Waals surface area contributed by atoms with Gasteiger partial charge < -0.3 is 11.1 Å². The fourth-order valence-corrected chi connectivity index (χ4v) is 0.872. The van der Waals surface area contributed by atoms with E-state index in [2.05, 4.69) is 5.32 Å². The van der Waals surface area contributed by atoms with Gasteiger partial charge in [0.25, 0.3) is 0 Å². The number of nitrogens with two attached hydrogens (primary N) is 1. The summed E-state index contributed by atoms with van der Waals surface area (Å²) in [5, 5.41) is 2.26. The van der Waals surface area contributed by atoms with Gasteiger partial charge in [-0.25, -0.2) is 0 Å². The van der Waals surface area contributed by atoms with Gasteiger partial charge in [-0.1, -0.05) is 13.3 Å². The van der Waals surface area contributed by atoms with Crippen molar-refractivity contribution in [2.45, 2.75) is 32.0 Å². The first-order valence-corrected chi connectivity index (χ1v) is 3.98. The van der Waals surface area contributed by atoms with Gasteiger partial charge in [0, 0.05) is 12.6 Å². The number of hydrogen-bond donors (Lipinski definition) is 2. The minimum Gasteiger partial charge on any atom is -0.327 e. The molecular weight excluding hydrogens is 169 g/mol. The molecule has 0 radical (unpaired) electrons. The zero-order valence-electron chi connectivity index (χ0n) is 7.12. The van der Waals surface area contributed by atoms with Crippen molar-refractivity contribution in [2.24, 2.45) is 5.73 Å². The van der Waals surface area contributed by atoms with Gasteiger partial charge in [-0.05, 0) is 6.42 Å². The Balaban J connectivity index is 3.31. The molecule has 0 amide bonds. The smallest absolute Gasteiger partial charge is 0.327 e. The Morgan fingerprint density at radius 3 is 2.42 bits per heavy atom. The van der Waals surface area contributed by atoms with Crippen LogP contribution < -0.4 is 11.1 Å². The van der Waals surface area contributed by atoms with Gasteiger partial charge >= 0.3 is 6.18 Å². The molecule has 0 aromatic carbocycles. The standard InChI is InChI=1S/C7H15F3N2/c1-2-3-6(11)4-12-5-7(8,9)10/h6,12H,2-5,11H2,1H3. The van der Waals surface area contributed by atoms with Gasteiger partial charge in [0.2, 0.25) is 0 Å². The van der Waals surface area contributed by atoms with Gasteiger partial charge in [0.05, 0.1) is 6.54 Å². The Hall–Kier alpha value is -0.290. The predicted octanol–water partition coefficient (Wildman–Crippen LogP) is 1.27. The normalized spacial score (nSPS) is 14.8. The van der Waals surface area contributed by atoms with Gasteiger partial charge in [-0.3, -0.25) is 0 Å². The van der Waals surface area contributed by atoms with Crippen molar-refractivity contribution < 1.29 is 13.2 Å². The third-order valence-electron chi connectivity index (χ3n) is 1.39. The van der Waals surface area contributed by atoms with Crippen LogP contribution in [0.1, 0.15) is 19.8 Å². The van der Waals surface area contributed by atoms with Crippen molar-refractivity contribution in [1.82, 2.24) is 5.32 Å². The molecule has 1 unspecified atom stereocenters. The Morgan fingerprint density at radius 2 is 2.00 bits per heavy atom. The fraction of sp³-hybridized carbons (Fsp3) is 1.00. The third kappa shape index (κ3) is 7.81. The van der Waals surface area contributed by atoms with Crippen LogP contribution in [0, 0.1) is 0 Å². The second-order valence-electron chi connectivity index (χ2n) is 2.79. The minimum absolute atomic E-state index is 0.169. The molecule has 0 saturated carbocycles. The fourth-order valence-electron chi connectivity index (χ4n) is 0.872. The van der Waals surface area contributed by atoms with Crippen LogP contribution in [0.4, 0.5) is 13.2 Å². The molecule has 0 bridgehead atoms. The summed E-state index contributed by atoms with van der Waals surface area (Å²) in [7, 11) is 0. The second-order valence-corrected chi connectivity index (χ2v) is 2.79. The Bertz CT molecular complexity index is 114. The summed E-state index contributed by atoms with van der Waals surface area (Å²) >= 11 is 0. The van der Waals surface area contributed by atoms with Crippen LogP contribution in [-0.4, -0.2) is 25.3 Å². The molecule has 2 nitrogen and oxygen atoms in total. The number of hydrogen-bond acceptors (Lipinski definition) is 2. The van der Waals surface area contributed by atoms with Gasteiger partial charge in [0.1, 0.15) is 0 Å². The zero-order valence-corrected chi connectivity index (χ0v) is 7.12. The summed E-state index contributed by atoms with van der Waals surface area (Å²) in [4.78, 5) is 0. The van der Waals surface area contributed by atoms with E-state index in [0.717, 1.165) is 12.8 Å². The Labute approximate surface area is 70.3 Å². The highest BCUT2D eigenvalue weighted by molar-refractivity contribution is 4.65. The van der Waals surface area contributed by atoms with Crippen LogP contribution in [0.3, 0.4) is 0 Å². The van der Waals surface area contributed by atoms with E-state index in [-0.39, 0.29) is 12.6 Å². The van der Waals surface area contributed by atoms with Gasteiger partial charge in [-0.2, -0.15) is 13.2 Å². The minimum atomic E-state index is -4.13. The quantitative estimate of drug-likeness (QED) is 0.675. The van der Waals surface area contributed by atoms with Crippen LogP contribution in [-0.2, 0) is 0 Å². The SMILES string of the molecule is CCCC(N)CNCC(F)(F)F. The Kier molecular flexibility index (Phi) is 5.24. The maximum absolute atomic E-state index is 11.6. The lowest BCUT2D eigenvalue weighted by atomic mass is 10.2. The average Bonchev–Trinajstić information content (AvgIpc) is 1.84. The largest absolute Gasteiger partial charge is 0.401 e. The summed E-state index contributed by atoms with van der Waals surface area (Å²) < 4.78 is 34.8. The molecule has 0 heterocycles. The molecule has 0 fully saturated rings. The van der Waals surface area contributed by atoms with Gasteiger partial charge in [-0.15, -0.1) is 0 Å². The highest BCUT2D eigenvalue weighted by Crippen LogP contribution is 2.11. The van der Waals surface area contributed by atoms with E-state index in [0.29, 0.717) is 0 Å². The predicted molar refractivity (Wildman–Crippen MR) is 41.8 cm³/mol. The van der Waals surface area contributed by atoms with E-state index in [9.17, 15) is 13.2 Å². The topological polar surface area (TPSA) is 38.0 Å². The molecule has 0 aromatic heterocycles. The number of halogens is 3. The number of alkyl halides is 3. The highest BCUT2D eigenvalue weighted by Gasteiger charge is 2.26. The molecule has 12 heavy (non-hydrogen) atoms. The summed E-state index contributed by atoms with van der Waals surface area (Å²) in [6.45, 7) is 1.22. The van der Waals surface area contributed by atoms with E-state index < -0.39 is 12.7 Å². The lowest BCUT2D eigenvalue weighted by Gasteiger charge is -2.12. The molecule has 0 aliphatic rings. The Morgan fingerprint density at radius 1 is 1.42 bits per heavy atom. The maximum Gasteiger partial charge on any atom is 0.401 e. The van der Waals surface area contributed by atoms with Crippen molar-refractivity contribution in [3.8, 4) is 0 Å². The summed E-state index contributed by atoms with van der Waals surface area (Å²) in [6, 6.07) is -0.169. The van der Waals surface area contributed by atoms with Crippen molar-refractivity contribution in [1.29, 1.82) is 0 Å². The summed E-state index contributed by atoms with van der Waals surface area (Å²) in [6.07, 6.45) is -2.48. The van der Waals surface area contributed by atoms with E-state index in [1.807, 2.05) is 6.92 Å². The highest BCUT2D eigenvalue weighted by atomic mass is 19.4. The van der Waals surface area contributed by atoms with Crippen LogP contribution >= 0.6 is 0 Å². The van der Waals surface area contributed by atoms with Gasteiger partial charge in [0.15, 0.2) is 0 Å². The van der Waals surface area contributed by atoms with Crippen LogP contribution in [0.5, 0.6) is 0 Å². The molecule has 0 aliphatic carbocycles. The molecule has 0 aromatic rings. The first-order valence-electron chi connectivity index (χ1n) is 3.98. The maximum atomic E-state index is 11.6. The molecule has 5 heteroatoms. The molecule has 0 spiro atoms. The first kappa shape index (κ1) is 11.7. The summed E-state index contributed by atoms with van der Waals surface area (Å²) in [5.41, 5.74) is 5.48. The van der Waals surface area contributed by atoms with Crippen LogP contribution in [0.15, 0.2) is 0 Å². The van der Waals surface area contributed by atoms with E-state index in [4.69, 9.17) is 5.73 Å². The zero-order chi connectivity index (χ0) is 9.61. The van der Waals surface area contributed by atoms with Crippen molar-refractivity contribution in [3.63, 3.8) is 0 Å². The lowest BCUT2D eigenvalue weighted by Crippen LogP contribution is -2.38. The lowest BCUT2D eigenvalue weighted by molar-refractivity contribution is -0.124. The van der Waals surface area contributed by atoms with Crippen molar-refractivity contribution in [2.75, 3.05) is 13.1 Å². The molecule has 0 saturated heterocycles. The first-order chi connectivity index (χ1) is 5.45. The van der Waals surface area contributed by atoms with Crippen molar-refractivity contribution >= 4 is 0 Å². The molecular formula is C7H15F3N2. The molecule has 0 aliphatic heterocycles. The average molecular weight is 184 g/mol. The molecule has 1 atom stereocenters. The van der Waals surface area contributed by atoms with Crippen molar-refractivity contribution in [3.05, 3.63) is 0 Å². The van der Waals surface area contributed by atoms with Crippen LogP contribution in [0.25, 0.3) is 0 Å². The monoisotopic (exact) mass is 184 g/mol. The second kappa shape index (κ2) is 5.37. The summed E-state index contributed by atoms with van der Waals surface area (Å²) in [5.74, 6) is 0. The van der Waals surface area contributed by atoms with E-state index in [1.165, 1.54) is 0 Å². The number of nitrogens with one attached hydrogen (secondary N) is 1. The third-order valence-corrected chi connectivity index (χ3v) is 1.39. The van der Waals surface area contributed by atoms with E-state index >= 15 is 0 Å². The van der Waals surface area contributed by atoms with Crippen LogP contribution in [0.2, 0.25) is 0 Å². The molecule has 0 rings (SSSR count). The molecule has 74 valence electrons. The number of rotatable bonds is 5. The van der Waals surface area contributed by atoms with E-state index in [1.54, 1.807) is 0 Å². The molecule has 3 N–H and O–H groups in total.